The fraction of sp³-hybridized carbons (Fsp3) is 0.333. The number of hydrogen-bond acceptors (Lipinski definition) is 3. The van der Waals surface area contributed by atoms with Crippen LogP contribution in [0.1, 0.15) is 31.7 Å². The molecule has 0 aliphatic carbocycles. The van der Waals surface area contributed by atoms with Crippen molar-refractivity contribution in [2.75, 3.05) is 0 Å². The maximum atomic E-state index is 10.7. The van der Waals surface area contributed by atoms with Gasteiger partial charge in [-0.1, -0.05) is 19.9 Å². The van der Waals surface area contributed by atoms with Crippen molar-refractivity contribution in [2.45, 2.75) is 31.1 Å². The molecule has 1 aromatic rings. The zero-order chi connectivity index (χ0) is 12.1. The Balaban J connectivity index is 2.97. The van der Waals surface area contributed by atoms with Crippen LogP contribution in [-0.4, -0.2) is 4.92 Å². The zero-order valence-electron chi connectivity index (χ0n) is 9.27. The van der Waals surface area contributed by atoms with Crippen LogP contribution >= 0.6 is 12.6 Å². The van der Waals surface area contributed by atoms with Crippen LogP contribution in [0.15, 0.2) is 29.7 Å². The lowest BCUT2D eigenvalue weighted by atomic mass is 10.0. The van der Waals surface area contributed by atoms with Gasteiger partial charge in [0.05, 0.1) is 4.92 Å². The van der Waals surface area contributed by atoms with Gasteiger partial charge in [-0.25, -0.2) is 0 Å². The summed E-state index contributed by atoms with van der Waals surface area (Å²) in [6.07, 6.45) is 2.97. The Labute approximate surface area is 101 Å². The van der Waals surface area contributed by atoms with Crippen molar-refractivity contribution in [1.82, 2.24) is 0 Å². The maximum Gasteiger partial charge on any atom is 0.270 e. The molecule has 1 rings (SSSR count). The molecule has 4 heteroatoms. The van der Waals surface area contributed by atoms with E-state index < -0.39 is 4.92 Å². The molecule has 1 aromatic carbocycles. The molecule has 0 atom stereocenters. The number of nitro groups is 1. The predicted molar refractivity (Wildman–Crippen MR) is 68.9 cm³/mol. The molecule has 0 saturated heterocycles. The fourth-order valence-electron chi connectivity index (χ4n) is 1.45. The topological polar surface area (TPSA) is 43.1 Å². The van der Waals surface area contributed by atoms with E-state index in [0.717, 1.165) is 35.3 Å². The summed E-state index contributed by atoms with van der Waals surface area (Å²) in [5, 5.41) is 10.7. The third kappa shape index (κ3) is 3.10. The summed E-state index contributed by atoms with van der Waals surface area (Å²) in [6, 6.07) is 4.65. The quantitative estimate of drug-likeness (QED) is 0.476. The van der Waals surface area contributed by atoms with Crippen LogP contribution in [-0.2, 0) is 0 Å². The van der Waals surface area contributed by atoms with E-state index in [2.05, 4.69) is 26.1 Å². The lowest BCUT2D eigenvalue weighted by Crippen LogP contribution is -1.92. The molecule has 3 nitrogen and oxygen atoms in total. The Morgan fingerprint density at radius 1 is 1.56 bits per heavy atom. The van der Waals surface area contributed by atoms with Crippen LogP contribution in [0.2, 0.25) is 0 Å². The van der Waals surface area contributed by atoms with E-state index in [4.69, 9.17) is 0 Å². The third-order valence-corrected chi connectivity index (χ3v) is 2.79. The van der Waals surface area contributed by atoms with E-state index in [0.29, 0.717) is 0 Å². The predicted octanol–water partition coefficient (Wildman–Crippen LogP) is 4.09. The second-order valence-corrected chi connectivity index (χ2v) is 4.15. The van der Waals surface area contributed by atoms with Gasteiger partial charge in [0.15, 0.2) is 0 Å². The molecule has 0 bridgehead atoms. The molecule has 0 radical (unpaired) electrons. The Morgan fingerprint density at radius 3 is 2.81 bits per heavy atom. The first-order valence-electron chi connectivity index (χ1n) is 5.21. The number of nitrogens with zero attached hydrogens (tertiary/aromatic N) is 1. The number of nitro benzene ring substituents is 1. The largest absolute Gasteiger partial charge is 0.270 e. The van der Waals surface area contributed by atoms with Gasteiger partial charge >= 0.3 is 0 Å². The second kappa shape index (κ2) is 5.70. The highest BCUT2D eigenvalue weighted by atomic mass is 32.1. The van der Waals surface area contributed by atoms with E-state index >= 15 is 0 Å². The van der Waals surface area contributed by atoms with Crippen molar-refractivity contribution >= 4 is 23.9 Å². The van der Waals surface area contributed by atoms with Crippen LogP contribution in [0.5, 0.6) is 0 Å². The van der Waals surface area contributed by atoms with E-state index in [1.165, 1.54) is 6.07 Å². The Kier molecular flexibility index (Phi) is 4.55. The second-order valence-electron chi connectivity index (χ2n) is 3.67. The summed E-state index contributed by atoms with van der Waals surface area (Å²) in [5.74, 6) is 0. The van der Waals surface area contributed by atoms with Gasteiger partial charge < -0.3 is 0 Å². The lowest BCUT2D eigenvalue weighted by molar-refractivity contribution is -0.384. The molecule has 0 saturated carbocycles. The molecule has 0 N–H and O–H groups in total. The minimum Gasteiger partial charge on any atom is -0.258 e. The van der Waals surface area contributed by atoms with Gasteiger partial charge in [-0.05, 0) is 30.0 Å². The number of rotatable bonds is 5. The van der Waals surface area contributed by atoms with Gasteiger partial charge in [0.2, 0.25) is 0 Å². The SMILES string of the molecule is C=C(CCCC)c1cc([N+](=O)[O-])ccc1S. The van der Waals surface area contributed by atoms with E-state index in [9.17, 15) is 10.1 Å². The fourth-order valence-corrected chi connectivity index (χ4v) is 1.74. The standard InChI is InChI=1S/C12H15NO2S/c1-3-4-5-9(2)11-8-10(13(14)15)6-7-12(11)16/h6-8,16H,2-5H2,1H3. The van der Waals surface area contributed by atoms with Crippen molar-refractivity contribution in [3.63, 3.8) is 0 Å². The van der Waals surface area contributed by atoms with Crippen LogP contribution < -0.4 is 0 Å². The molecule has 0 aromatic heterocycles. The van der Waals surface area contributed by atoms with Crippen molar-refractivity contribution in [2.24, 2.45) is 0 Å². The number of hydrogen-bond donors (Lipinski definition) is 1. The molecule has 0 unspecified atom stereocenters. The summed E-state index contributed by atoms with van der Waals surface area (Å²) in [4.78, 5) is 11.0. The van der Waals surface area contributed by atoms with Gasteiger partial charge in [0.1, 0.15) is 0 Å². The molecule has 0 fully saturated rings. The molecular formula is C12H15NO2S. The Bertz CT molecular complexity index is 415. The van der Waals surface area contributed by atoms with Crippen LogP contribution in [0.4, 0.5) is 5.69 Å². The maximum absolute atomic E-state index is 10.7. The molecule has 16 heavy (non-hydrogen) atoms. The van der Waals surface area contributed by atoms with Gasteiger partial charge in [0, 0.05) is 17.0 Å². The number of benzene rings is 1. The summed E-state index contributed by atoms with van der Waals surface area (Å²) in [7, 11) is 0. The van der Waals surface area contributed by atoms with Crippen LogP contribution in [0.25, 0.3) is 5.57 Å². The van der Waals surface area contributed by atoms with E-state index in [1.807, 2.05) is 0 Å². The molecule has 0 amide bonds. The van der Waals surface area contributed by atoms with Crippen LogP contribution in [0, 0.1) is 10.1 Å². The first-order chi connectivity index (χ1) is 7.56. The van der Waals surface area contributed by atoms with E-state index in [1.54, 1.807) is 12.1 Å². The zero-order valence-corrected chi connectivity index (χ0v) is 10.2. The molecule has 0 heterocycles. The van der Waals surface area contributed by atoms with Gasteiger partial charge in [-0.3, -0.25) is 10.1 Å². The number of thiol groups is 1. The monoisotopic (exact) mass is 237 g/mol. The highest BCUT2D eigenvalue weighted by Crippen LogP contribution is 2.28. The minimum atomic E-state index is -0.399. The van der Waals surface area contributed by atoms with E-state index in [-0.39, 0.29) is 5.69 Å². The van der Waals surface area contributed by atoms with Crippen molar-refractivity contribution < 1.29 is 4.92 Å². The van der Waals surface area contributed by atoms with Crippen LogP contribution in [0.3, 0.4) is 0 Å². The van der Waals surface area contributed by atoms with Gasteiger partial charge in [-0.15, -0.1) is 12.6 Å². The highest BCUT2D eigenvalue weighted by Gasteiger charge is 2.10. The van der Waals surface area contributed by atoms with Gasteiger partial charge in [0.25, 0.3) is 5.69 Å². The molecule has 86 valence electrons. The summed E-state index contributed by atoms with van der Waals surface area (Å²) >= 11 is 4.29. The third-order valence-electron chi connectivity index (χ3n) is 2.40. The Morgan fingerprint density at radius 2 is 2.25 bits per heavy atom. The molecular weight excluding hydrogens is 222 g/mol. The minimum absolute atomic E-state index is 0.0884. The normalized spacial score (nSPS) is 10.1. The first-order valence-corrected chi connectivity index (χ1v) is 5.66. The van der Waals surface area contributed by atoms with Gasteiger partial charge in [-0.2, -0.15) is 0 Å². The molecule has 0 spiro atoms. The average Bonchev–Trinajstić information content (AvgIpc) is 2.26. The number of unbranched alkanes of at least 4 members (excludes halogenated alkanes) is 1. The smallest absolute Gasteiger partial charge is 0.258 e. The number of allylic oxidation sites excluding steroid dienone is 1. The highest BCUT2D eigenvalue weighted by molar-refractivity contribution is 7.80. The van der Waals surface area contributed by atoms with Crippen molar-refractivity contribution in [3.8, 4) is 0 Å². The first kappa shape index (κ1) is 12.8. The lowest BCUT2D eigenvalue weighted by Gasteiger charge is -2.07. The summed E-state index contributed by atoms with van der Waals surface area (Å²) in [6.45, 7) is 6.05. The average molecular weight is 237 g/mol. The molecule has 0 aliphatic rings. The number of non-ortho nitro benzene ring substituents is 1. The van der Waals surface area contributed by atoms with Crippen molar-refractivity contribution in [1.29, 1.82) is 0 Å². The summed E-state index contributed by atoms with van der Waals surface area (Å²) in [5.41, 5.74) is 1.78. The van der Waals surface area contributed by atoms with Crippen molar-refractivity contribution in [3.05, 3.63) is 40.5 Å². The molecule has 0 aliphatic heterocycles. The summed E-state index contributed by atoms with van der Waals surface area (Å²) < 4.78 is 0. The Hall–Kier alpha value is -1.29.